The Morgan fingerprint density at radius 1 is 0.345 bits per heavy atom. The number of aromatic nitrogens is 1. The zero-order valence-corrected chi connectivity index (χ0v) is 30.7. The van der Waals surface area contributed by atoms with E-state index in [9.17, 15) is 0 Å². The number of rotatable bonds is 6. The minimum atomic E-state index is 1.11. The number of anilines is 3. The summed E-state index contributed by atoms with van der Waals surface area (Å²) in [5, 5.41) is 7.66. The van der Waals surface area contributed by atoms with Crippen LogP contribution in [0.5, 0.6) is 0 Å². The summed E-state index contributed by atoms with van der Waals surface area (Å²) in [5.41, 5.74) is 11.8. The number of hydrogen-bond acceptors (Lipinski definition) is 2. The molecule has 2 nitrogen and oxygen atoms in total. The molecule has 0 atom stereocenters. The Morgan fingerprint density at radius 2 is 0.891 bits per heavy atom. The molecule has 0 radical (unpaired) electrons. The predicted molar refractivity (Wildman–Crippen MR) is 237 cm³/mol. The molecule has 3 heteroatoms. The summed E-state index contributed by atoms with van der Waals surface area (Å²) in [7, 11) is 0. The molecule has 0 saturated heterocycles. The molecule has 2 heterocycles. The van der Waals surface area contributed by atoms with Gasteiger partial charge in [0.15, 0.2) is 0 Å². The fourth-order valence-corrected chi connectivity index (χ4v) is 9.62. The van der Waals surface area contributed by atoms with Gasteiger partial charge in [-0.05, 0) is 89.0 Å². The van der Waals surface area contributed by atoms with E-state index >= 15 is 0 Å². The molecule has 0 aliphatic carbocycles. The molecule has 11 aromatic rings. The molecule has 0 spiro atoms. The molecule has 258 valence electrons. The molecule has 0 unspecified atom stereocenters. The van der Waals surface area contributed by atoms with E-state index in [0.29, 0.717) is 0 Å². The van der Waals surface area contributed by atoms with Crippen molar-refractivity contribution in [1.29, 1.82) is 0 Å². The average molecular weight is 719 g/mol. The first-order valence-electron chi connectivity index (χ1n) is 18.8. The summed E-state index contributed by atoms with van der Waals surface area (Å²) in [5.74, 6) is 0. The second-order valence-electron chi connectivity index (χ2n) is 14.1. The lowest BCUT2D eigenvalue weighted by atomic mass is 10.0. The lowest BCUT2D eigenvalue weighted by Crippen LogP contribution is -2.10. The summed E-state index contributed by atoms with van der Waals surface area (Å²) in [4.78, 5) is 2.41. The highest BCUT2D eigenvalue weighted by Gasteiger charge is 2.19. The van der Waals surface area contributed by atoms with Crippen LogP contribution >= 0.6 is 11.3 Å². The first kappa shape index (κ1) is 31.6. The van der Waals surface area contributed by atoms with Gasteiger partial charge < -0.3 is 9.47 Å². The molecule has 0 aliphatic rings. The molecule has 0 bridgehead atoms. The van der Waals surface area contributed by atoms with Crippen molar-refractivity contribution in [2.75, 3.05) is 4.90 Å². The Morgan fingerprint density at radius 3 is 1.65 bits per heavy atom. The molecule has 0 N–H and O–H groups in total. The summed E-state index contributed by atoms with van der Waals surface area (Å²) in [6, 6.07) is 75.1. The van der Waals surface area contributed by atoms with E-state index in [-0.39, 0.29) is 0 Å². The standard InChI is InChI=1S/C52H34N2S/c1-3-12-35(13-4-1)36-22-27-40(28-23-36)53(48-20-11-18-45-43(48)31-32-46-44-17-8-10-21-51(44)55-52(45)46)41-29-24-37(25-30-41)38-26-33-50-47(34-38)42-16-7-9-19-49(42)54(50)39-14-5-2-6-15-39/h1-34H. The third-order valence-corrected chi connectivity index (χ3v) is 12.2. The van der Waals surface area contributed by atoms with E-state index < -0.39 is 0 Å². The van der Waals surface area contributed by atoms with Crippen molar-refractivity contribution < 1.29 is 0 Å². The molecule has 0 fully saturated rings. The quantitative estimate of drug-likeness (QED) is 0.166. The van der Waals surface area contributed by atoms with Crippen molar-refractivity contribution in [3.05, 3.63) is 206 Å². The van der Waals surface area contributed by atoms with Gasteiger partial charge in [-0.2, -0.15) is 0 Å². The average Bonchev–Trinajstić information content (AvgIpc) is 3.81. The lowest BCUT2D eigenvalue weighted by molar-refractivity contribution is 1.18. The Labute approximate surface area is 323 Å². The van der Waals surface area contributed by atoms with Gasteiger partial charge in [0, 0.05) is 58.8 Å². The third-order valence-electron chi connectivity index (χ3n) is 11.0. The number of hydrogen-bond donors (Lipinski definition) is 0. The highest BCUT2D eigenvalue weighted by atomic mass is 32.1. The van der Waals surface area contributed by atoms with Gasteiger partial charge in [-0.1, -0.05) is 140 Å². The summed E-state index contributed by atoms with van der Waals surface area (Å²) < 4.78 is 5.02. The van der Waals surface area contributed by atoms with Crippen molar-refractivity contribution in [3.63, 3.8) is 0 Å². The van der Waals surface area contributed by atoms with Crippen molar-refractivity contribution in [3.8, 4) is 27.9 Å². The molecular formula is C52H34N2S. The van der Waals surface area contributed by atoms with Gasteiger partial charge in [-0.25, -0.2) is 0 Å². The normalized spacial score (nSPS) is 11.6. The van der Waals surface area contributed by atoms with Crippen molar-refractivity contribution in [2.24, 2.45) is 0 Å². The number of fused-ring (bicyclic) bond motifs is 8. The van der Waals surface area contributed by atoms with Crippen LogP contribution in [0.15, 0.2) is 206 Å². The van der Waals surface area contributed by atoms with E-state index in [1.54, 1.807) is 0 Å². The number of thiophene rings is 1. The van der Waals surface area contributed by atoms with Crippen LogP contribution in [-0.4, -0.2) is 4.57 Å². The van der Waals surface area contributed by atoms with Crippen LogP contribution in [0.1, 0.15) is 0 Å². The van der Waals surface area contributed by atoms with Crippen LogP contribution in [0.4, 0.5) is 17.1 Å². The molecule has 9 aromatic carbocycles. The largest absolute Gasteiger partial charge is 0.310 e. The topological polar surface area (TPSA) is 8.17 Å². The third kappa shape index (κ3) is 5.24. The number of nitrogens with zero attached hydrogens (tertiary/aromatic N) is 2. The van der Waals surface area contributed by atoms with Crippen LogP contribution in [0.3, 0.4) is 0 Å². The van der Waals surface area contributed by atoms with E-state index in [1.165, 1.54) is 80.7 Å². The molecule has 0 aliphatic heterocycles. The Balaban J connectivity index is 1.05. The first-order valence-corrected chi connectivity index (χ1v) is 19.6. The van der Waals surface area contributed by atoms with Gasteiger partial charge in [-0.3, -0.25) is 0 Å². The molecule has 0 saturated carbocycles. The molecule has 55 heavy (non-hydrogen) atoms. The van der Waals surface area contributed by atoms with Crippen LogP contribution < -0.4 is 4.90 Å². The van der Waals surface area contributed by atoms with Crippen molar-refractivity contribution in [2.45, 2.75) is 0 Å². The fourth-order valence-electron chi connectivity index (χ4n) is 8.39. The Kier molecular flexibility index (Phi) is 7.39. The minimum absolute atomic E-state index is 1.11. The van der Waals surface area contributed by atoms with Crippen molar-refractivity contribution >= 4 is 81.1 Å². The van der Waals surface area contributed by atoms with E-state index in [4.69, 9.17) is 0 Å². The Bertz CT molecular complexity index is 3180. The fraction of sp³-hybridized carbons (Fsp3) is 0. The van der Waals surface area contributed by atoms with Gasteiger partial charge in [0.25, 0.3) is 0 Å². The molecular weight excluding hydrogens is 685 g/mol. The first-order chi connectivity index (χ1) is 27.3. The summed E-state index contributed by atoms with van der Waals surface area (Å²) >= 11 is 1.88. The van der Waals surface area contributed by atoms with Crippen LogP contribution in [0, 0.1) is 0 Å². The minimum Gasteiger partial charge on any atom is -0.310 e. The van der Waals surface area contributed by atoms with Gasteiger partial charge in [0.2, 0.25) is 0 Å². The van der Waals surface area contributed by atoms with Gasteiger partial charge in [0.1, 0.15) is 0 Å². The smallest absolute Gasteiger partial charge is 0.0541 e. The van der Waals surface area contributed by atoms with E-state index in [0.717, 1.165) is 17.1 Å². The second kappa shape index (κ2) is 12.9. The maximum Gasteiger partial charge on any atom is 0.0541 e. The summed E-state index contributed by atoms with van der Waals surface area (Å²) in [6.07, 6.45) is 0. The van der Waals surface area contributed by atoms with Gasteiger partial charge >= 0.3 is 0 Å². The van der Waals surface area contributed by atoms with Crippen LogP contribution in [-0.2, 0) is 0 Å². The van der Waals surface area contributed by atoms with Crippen molar-refractivity contribution in [1.82, 2.24) is 4.57 Å². The van der Waals surface area contributed by atoms with Crippen LogP contribution in [0.2, 0.25) is 0 Å². The van der Waals surface area contributed by atoms with Gasteiger partial charge in [0.05, 0.1) is 16.7 Å². The zero-order chi connectivity index (χ0) is 36.3. The molecule has 0 amide bonds. The maximum absolute atomic E-state index is 2.41. The number of benzene rings is 9. The van der Waals surface area contributed by atoms with E-state index in [2.05, 4.69) is 216 Å². The number of para-hydroxylation sites is 2. The highest BCUT2D eigenvalue weighted by Crippen LogP contribution is 2.45. The van der Waals surface area contributed by atoms with Gasteiger partial charge in [-0.15, -0.1) is 11.3 Å². The molecule has 2 aromatic heterocycles. The monoisotopic (exact) mass is 718 g/mol. The Hall–Kier alpha value is -6.94. The van der Waals surface area contributed by atoms with E-state index in [1.807, 2.05) is 11.3 Å². The predicted octanol–water partition coefficient (Wildman–Crippen LogP) is 15.1. The maximum atomic E-state index is 2.41. The molecule has 11 rings (SSSR count). The highest BCUT2D eigenvalue weighted by molar-refractivity contribution is 7.26. The SMILES string of the molecule is c1ccc(-c2ccc(N(c3ccc(-c4ccc5c(c4)c4ccccc4n5-c4ccccc4)cc3)c3cccc4c3ccc3c5ccccc5sc43)cc2)cc1. The second-order valence-corrected chi connectivity index (χ2v) is 15.2. The lowest BCUT2D eigenvalue weighted by Gasteiger charge is -2.27. The van der Waals surface area contributed by atoms with Crippen LogP contribution in [0.25, 0.3) is 80.7 Å². The summed E-state index contributed by atoms with van der Waals surface area (Å²) in [6.45, 7) is 0. The zero-order valence-electron chi connectivity index (χ0n) is 29.9.